The highest BCUT2D eigenvalue weighted by atomic mass is 16.3. The molecule has 0 aromatic carbocycles. The van der Waals surface area contributed by atoms with E-state index in [-0.39, 0.29) is 6.10 Å². The molecule has 1 aliphatic heterocycles. The third-order valence-corrected chi connectivity index (χ3v) is 4.38. The lowest BCUT2D eigenvalue weighted by Crippen LogP contribution is -2.25. The number of aryl methyl sites for hydroxylation is 1. The number of aromatic nitrogens is 1. The third kappa shape index (κ3) is 1.99. The Balaban J connectivity index is 1.82. The number of pyridine rings is 1. The quantitative estimate of drug-likeness (QED) is 0.820. The predicted molar refractivity (Wildman–Crippen MR) is 71.3 cm³/mol. The molecule has 0 bridgehead atoms. The Bertz CT molecular complexity index is 449. The fourth-order valence-corrected chi connectivity index (χ4v) is 3.42. The van der Waals surface area contributed by atoms with Crippen LogP contribution in [0.25, 0.3) is 0 Å². The van der Waals surface area contributed by atoms with E-state index in [0.717, 1.165) is 43.0 Å². The SMILES string of the molecule is Cc1cc(CN)cc(N2CC3CCC(O)C3C2)n1. The molecule has 1 aromatic rings. The summed E-state index contributed by atoms with van der Waals surface area (Å²) in [6.45, 7) is 4.53. The Hall–Kier alpha value is -1.13. The Morgan fingerprint density at radius 2 is 2.22 bits per heavy atom. The molecule has 1 saturated heterocycles. The summed E-state index contributed by atoms with van der Waals surface area (Å²) in [6.07, 6.45) is 2.01. The van der Waals surface area contributed by atoms with Gasteiger partial charge in [-0.25, -0.2) is 4.98 Å². The first-order valence-electron chi connectivity index (χ1n) is 6.78. The van der Waals surface area contributed by atoms with Gasteiger partial charge in [-0.05, 0) is 43.4 Å². The molecule has 2 heterocycles. The van der Waals surface area contributed by atoms with Gasteiger partial charge >= 0.3 is 0 Å². The lowest BCUT2D eigenvalue weighted by molar-refractivity contribution is 0.133. The van der Waals surface area contributed by atoms with Crippen molar-refractivity contribution in [2.75, 3.05) is 18.0 Å². The molecule has 3 N–H and O–H groups in total. The van der Waals surface area contributed by atoms with E-state index in [2.05, 4.69) is 16.0 Å². The maximum Gasteiger partial charge on any atom is 0.129 e. The molecule has 1 aromatic heterocycles. The molecule has 98 valence electrons. The summed E-state index contributed by atoms with van der Waals surface area (Å²) in [6, 6.07) is 4.12. The zero-order valence-electron chi connectivity index (χ0n) is 10.8. The van der Waals surface area contributed by atoms with E-state index in [4.69, 9.17) is 5.73 Å². The Morgan fingerprint density at radius 1 is 1.39 bits per heavy atom. The van der Waals surface area contributed by atoms with E-state index in [1.807, 2.05) is 13.0 Å². The van der Waals surface area contributed by atoms with Crippen LogP contribution in [-0.4, -0.2) is 29.3 Å². The summed E-state index contributed by atoms with van der Waals surface area (Å²) < 4.78 is 0. The van der Waals surface area contributed by atoms with Crippen LogP contribution in [0.5, 0.6) is 0 Å². The van der Waals surface area contributed by atoms with Gasteiger partial charge in [0.25, 0.3) is 0 Å². The number of rotatable bonds is 2. The van der Waals surface area contributed by atoms with Gasteiger partial charge in [-0.3, -0.25) is 0 Å². The minimum absolute atomic E-state index is 0.112. The second-order valence-electron chi connectivity index (χ2n) is 5.65. The fourth-order valence-electron chi connectivity index (χ4n) is 3.42. The molecule has 4 heteroatoms. The lowest BCUT2D eigenvalue weighted by atomic mass is 10.00. The molecule has 2 fully saturated rings. The highest BCUT2D eigenvalue weighted by molar-refractivity contribution is 5.44. The van der Waals surface area contributed by atoms with Crippen LogP contribution in [0.15, 0.2) is 12.1 Å². The molecule has 3 unspecified atom stereocenters. The smallest absolute Gasteiger partial charge is 0.129 e. The largest absolute Gasteiger partial charge is 0.393 e. The lowest BCUT2D eigenvalue weighted by Gasteiger charge is -2.20. The Labute approximate surface area is 108 Å². The summed E-state index contributed by atoms with van der Waals surface area (Å²) in [7, 11) is 0. The molecular formula is C14H21N3O. The van der Waals surface area contributed by atoms with Gasteiger partial charge in [-0.15, -0.1) is 0 Å². The van der Waals surface area contributed by atoms with Crippen molar-refractivity contribution in [2.45, 2.75) is 32.4 Å². The highest BCUT2D eigenvalue weighted by Crippen LogP contribution is 2.39. The number of hydrogen-bond donors (Lipinski definition) is 2. The average Bonchev–Trinajstić information content (AvgIpc) is 2.91. The summed E-state index contributed by atoms with van der Waals surface area (Å²) in [5, 5.41) is 9.95. The first-order chi connectivity index (χ1) is 8.67. The summed E-state index contributed by atoms with van der Waals surface area (Å²) in [4.78, 5) is 6.91. The maximum absolute atomic E-state index is 9.95. The molecular weight excluding hydrogens is 226 g/mol. The first kappa shape index (κ1) is 11.9. The highest BCUT2D eigenvalue weighted by Gasteiger charge is 2.42. The normalized spacial score (nSPS) is 30.8. The molecule has 0 radical (unpaired) electrons. The number of anilines is 1. The molecule has 1 saturated carbocycles. The number of nitrogens with two attached hydrogens (primary N) is 1. The second-order valence-corrected chi connectivity index (χ2v) is 5.65. The minimum Gasteiger partial charge on any atom is -0.393 e. The van der Waals surface area contributed by atoms with Crippen molar-refractivity contribution in [2.24, 2.45) is 17.6 Å². The van der Waals surface area contributed by atoms with Crippen molar-refractivity contribution >= 4 is 5.82 Å². The van der Waals surface area contributed by atoms with Crippen LogP contribution < -0.4 is 10.6 Å². The van der Waals surface area contributed by atoms with Crippen molar-refractivity contribution in [3.05, 3.63) is 23.4 Å². The molecule has 18 heavy (non-hydrogen) atoms. The van der Waals surface area contributed by atoms with Gasteiger partial charge < -0.3 is 15.7 Å². The number of hydrogen-bond acceptors (Lipinski definition) is 4. The zero-order valence-corrected chi connectivity index (χ0v) is 10.8. The van der Waals surface area contributed by atoms with Gasteiger partial charge in [0.15, 0.2) is 0 Å². The molecule has 0 spiro atoms. The third-order valence-electron chi connectivity index (χ3n) is 4.38. The van der Waals surface area contributed by atoms with E-state index < -0.39 is 0 Å². The van der Waals surface area contributed by atoms with Crippen molar-refractivity contribution in [1.29, 1.82) is 0 Å². The van der Waals surface area contributed by atoms with E-state index in [1.165, 1.54) is 0 Å². The number of aliphatic hydroxyl groups excluding tert-OH is 1. The summed E-state index contributed by atoms with van der Waals surface area (Å²) >= 11 is 0. The molecule has 3 rings (SSSR count). The molecule has 1 aliphatic carbocycles. The Kier molecular flexibility index (Phi) is 2.99. The van der Waals surface area contributed by atoms with E-state index in [0.29, 0.717) is 18.4 Å². The van der Waals surface area contributed by atoms with Gasteiger partial charge in [0.2, 0.25) is 0 Å². The van der Waals surface area contributed by atoms with Crippen LogP contribution in [0, 0.1) is 18.8 Å². The number of fused-ring (bicyclic) bond motifs is 1. The predicted octanol–water partition coefficient (Wildman–Crippen LogP) is 1.06. The molecule has 3 atom stereocenters. The van der Waals surface area contributed by atoms with Crippen LogP contribution in [0.4, 0.5) is 5.82 Å². The van der Waals surface area contributed by atoms with Crippen molar-refractivity contribution in [1.82, 2.24) is 4.98 Å². The van der Waals surface area contributed by atoms with E-state index >= 15 is 0 Å². The number of aliphatic hydroxyl groups is 1. The summed E-state index contributed by atoms with van der Waals surface area (Å²) in [5.41, 5.74) is 7.87. The van der Waals surface area contributed by atoms with Crippen LogP contribution in [0.3, 0.4) is 0 Å². The van der Waals surface area contributed by atoms with Crippen LogP contribution in [0.2, 0.25) is 0 Å². The van der Waals surface area contributed by atoms with Gasteiger partial charge in [0.1, 0.15) is 5.82 Å². The minimum atomic E-state index is -0.112. The monoisotopic (exact) mass is 247 g/mol. The number of nitrogens with zero attached hydrogens (tertiary/aromatic N) is 2. The Morgan fingerprint density at radius 3 is 2.94 bits per heavy atom. The van der Waals surface area contributed by atoms with Gasteiger partial charge in [-0.1, -0.05) is 0 Å². The summed E-state index contributed by atoms with van der Waals surface area (Å²) in [5.74, 6) is 2.11. The molecule has 4 nitrogen and oxygen atoms in total. The van der Waals surface area contributed by atoms with Crippen LogP contribution in [0.1, 0.15) is 24.1 Å². The van der Waals surface area contributed by atoms with Crippen LogP contribution in [-0.2, 0) is 6.54 Å². The van der Waals surface area contributed by atoms with E-state index in [1.54, 1.807) is 0 Å². The van der Waals surface area contributed by atoms with Crippen LogP contribution >= 0.6 is 0 Å². The van der Waals surface area contributed by atoms with Crippen molar-refractivity contribution < 1.29 is 5.11 Å². The first-order valence-corrected chi connectivity index (χ1v) is 6.78. The maximum atomic E-state index is 9.95. The van der Waals surface area contributed by atoms with Gasteiger partial charge in [-0.2, -0.15) is 0 Å². The van der Waals surface area contributed by atoms with E-state index in [9.17, 15) is 5.11 Å². The molecule has 2 aliphatic rings. The topological polar surface area (TPSA) is 62.4 Å². The van der Waals surface area contributed by atoms with Gasteiger partial charge in [0, 0.05) is 31.2 Å². The van der Waals surface area contributed by atoms with Gasteiger partial charge in [0.05, 0.1) is 6.10 Å². The van der Waals surface area contributed by atoms with Crippen molar-refractivity contribution in [3.63, 3.8) is 0 Å². The fraction of sp³-hybridized carbons (Fsp3) is 0.643. The standard InChI is InChI=1S/C14H21N3O/c1-9-4-10(6-15)5-14(16-9)17-7-11-2-3-13(18)12(11)8-17/h4-5,11-13,18H,2-3,6-8,15H2,1H3. The molecule has 0 amide bonds. The average molecular weight is 247 g/mol. The second kappa shape index (κ2) is 4.52. The van der Waals surface area contributed by atoms with Crippen molar-refractivity contribution in [3.8, 4) is 0 Å². The zero-order chi connectivity index (χ0) is 12.7.